The molecule has 0 aromatic heterocycles. The molecule has 0 unspecified atom stereocenters. The number of hydrogen-bond donors (Lipinski definition) is 1. The van der Waals surface area contributed by atoms with Gasteiger partial charge in [0, 0.05) is 45.0 Å². The van der Waals surface area contributed by atoms with Crippen LogP contribution in [0.4, 0.5) is 5.69 Å². The Morgan fingerprint density at radius 3 is 2.52 bits per heavy atom. The van der Waals surface area contributed by atoms with Gasteiger partial charge in [0.1, 0.15) is 0 Å². The van der Waals surface area contributed by atoms with E-state index in [-0.39, 0.29) is 18.3 Å². The number of benzene rings is 2. The minimum absolute atomic E-state index is 0. The van der Waals surface area contributed by atoms with Crippen LogP contribution in [-0.4, -0.2) is 48.4 Å². The molecule has 1 N–H and O–H groups in total. The van der Waals surface area contributed by atoms with Gasteiger partial charge in [0.05, 0.1) is 6.42 Å². The Morgan fingerprint density at radius 1 is 1.04 bits per heavy atom. The van der Waals surface area contributed by atoms with Crippen LogP contribution in [0, 0.1) is 6.92 Å². The van der Waals surface area contributed by atoms with Crippen molar-refractivity contribution in [3.63, 3.8) is 0 Å². The molecule has 5 heteroatoms. The zero-order valence-electron chi connectivity index (χ0n) is 15.9. The SMILES string of the molecule is Cc1ccc(CC(=O)N2CCN(Cc3cccc4c3NCC4)CC2)cc1.Cl. The molecule has 0 bridgehead atoms. The summed E-state index contributed by atoms with van der Waals surface area (Å²) in [6, 6.07) is 14.9. The maximum Gasteiger partial charge on any atom is 0.227 e. The van der Waals surface area contributed by atoms with E-state index in [1.807, 2.05) is 4.90 Å². The van der Waals surface area contributed by atoms with Gasteiger partial charge >= 0.3 is 0 Å². The monoisotopic (exact) mass is 385 g/mol. The molecule has 2 aliphatic rings. The van der Waals surface area contributed by atoms with Crippen LogP contribution in [0.2, 0.25) is 0 Å². The first-order chi connectivity index (χ1) is 12.7. The first kappa shape index (κ1) is 19.7. The van der Waals surface area contributed by atoms with Gasteiger partial charge in [-0.15, -0.1) is 12.4 Å². The number of fused-ring (bicyclic) bond motifs is 1. The van der Waals surface area contributed by atoms with Crippen LogP contribution in [-0.2, 0) is 24.2 Å². The van der Waals surface area contributed by atoms with Gasteiger partial charge in [-0.3, -0.25) is 9.69 Å². The van der Waals surface area contributed by atoms with E-state index in [1.165, 1.54) is 22.4 Å². The van der Waals surface area contributed by atoms with Crippen molar-refractivity contribution in [3.8, 4) is 0 Å². The number of anilines is 1. The first-order valence-corrected chi connectivity index (χ1v) is 9.59. The second kappa shape index (κ2) is 8.77. The summed E-state index contributed by atoms with van der Waals surface area (Å²) in [6.45, 7) is 7.64. The normalized spacial score (nSPS) is 16.4. The Kier molecular flexibility index (Phi) is 6.40. The van der Waals surface area contributed by atoms with Gasteiger partial charge in [0.2, 0.25) is 5.91 Å². The van der Waals surface area contributed by atoms with Crippen LogP contribution in [0.25, 0.3) is 0 Å². The van der Waals surface area contributed by atoms with Gasteiger partial charge in [0.15, 0.2) is 0 Å². The average molecular weight is 386 g/mol. The molecule has 4 rings (SSSR count). The summed E-state index contributed by atoms with van der Waals surface area (Å²) in [7, 11) is 0. The Balaban J connectivity index is 0.00000210. The number of nitrogens with one attached hydrogen (secondary N) is 1. The molecule has 0 saturated carbocycles. The number of nitrogens with zero attached hydrogens (tertiary/aromatic N) is 2. The van der Waals surface area contributed by atoms with Gasteiger partial charge in [-0.25, -0.2) is 0 Å². The summed E-state index contributed by atoms with van der Waals surface area (Å²) in [5.74, 6) is 0.246. The largest absolute Gasteiger partial charge is 0.384 e. The fraction of sp³-hybridized carbons (Fsp3) is 0.409. The van der Waals surface area contributed by atoms with Crippen LogP contribution in [0.15, 0.2) is 42.5 Å². The maximum absolute atomic E-state index is 12.6. The molecule has 144 valence electrons. The number of aryl methyl sites for hydroxylation is 1. The zero-order valence-corrected chi connectivity index (χ0v) is 16.7. The third kappa shape index (κ3) is 4.63. The van der Waals surface area contributed by atoms with Crippen molar-refractivity contribution in [2.75, 3.05) is 38.0 Å². The summed E-state index contributed by atoms with van der Waals surface area (Å²) < 4.78 is 0. The summed E-state index contributed by atoms with van der Waals surface area (Å²) >= 11 is 0. The number of carbonyl (C=O) groups is 1. The molecular formula is C22H28ClN3O. The van der Waals surface area contributed by atoms with Crippen molar-refractivity contribution in [1.29, 1.82) is 0 Å². The number of para-hydroxylation sites is 1. The van der Waals surface area contributed by atoms with Crippen molar-refractivity contribution in [3.05, 3.63) is 64.7 Å². The lowest BCUT2D eigenvalue weighted by Gasteiger charge is -2.35. The van der Waals surface area contributed by atoms with Gasteiger partial charge in [-0.1, -0.05) is 48.0 Å². The van der Waals surface area contributed by atoms with E-state index in [0.717, 1.165) is 51.3 Å². The third-order valence-electron chi connectivity index (χ3n) is 5.53. The van der Waals surface area contributed by atoms with Crippen molar-refractivity contribution < 1.29 is 4.79 Å². The van der Waals surface area contributed by atoms with Gasteiger partial charge in [0.25, 0.3) is 0 Å². The van der Waals surface area contributed by atoms with Crippen molar-refractivity contribution >= 4 is 24.0 Å². The van der Waals surface area contributed by atoms with E-state index in [4.69, 9.17) is 0 Å². The predicted octanol–water partition coefficient (Wildman–Crippen LogP) is 3.27. The first-order valence-electron chi connectivity index (χ1n) is 9.59. The summed E-state index contributed by atoms with van der Waals surface area (Å²) in [4.78, 5) is 17.0. The predicted molar refractivity (Wildman–Crippen MR) is 113 cm³/mol. The molecule has 0 radical (unpaired) electrons. The molecule has 0 spiro atoms. The third-order valence-corrected chi connectivity index (χ3v) is 5.53. The Morgan fingerprint density at radius 2 is 1.78 bits per heavy atom. The summed E-state index contributed by atoms with van der Waals surface area (Å²) in [5.41, 5.74) is 6.50. The quantitative estimate of drug-likeness (QED) is 0.877. The topological polar surface area (TPSA) is 35.6 Å². The highest BCUT2D eigenvalue weighted by Gasteiger charge is 2.22. The lowest BCUT2D eigenvalue weighted by atomic mass is 10.1. The van der Waals surface area contributed by atoms with Crippen LogP contribution in [0.5, 0.6) is 0 Å². The number of hydrogen-bond acceptors (Lipinski definition) is 3. The van der Waals surface area contributed by atoms with Crippen LogP contribution >= 0.6 is 12.4 Å². The van der Waals surface area contributed by atoms with E-state index in [0.29, 0.717) is 6.42 Å². The van der Waals surface area contributed by atoms with Gasteiger partial charge < -0.3 is 10.2 Å². The molecule has 1 saturated heterocycles. The Bertz CT molecular complexity index is 783. The van der Waals surface area contributed by atoms with Crippen molar-refractivity contribution in [2.45, 2.75) is 26.3 Å². The van der Waals surface area contributed by atoms with Gasteiger partial charge in [-0.2, -0.15) is 0 Å². The second-order valence-corrected chi connectivity index (χ2v) is 7.45. The Labute approximate surface area is 168 Å². The second-order valence-electron chi connectivity index (χ2n) is 7.45. The highest BCUT2D eigenvalue weighted by atomic mass is 35.5. The standard InChI is InChI=1S/C22H27N3O.ClH/c1-17-5-7-18(8-6-17)15-21(26)25-13-11-24(12-14-25)16-20-4-2-3-19-9-10-23-22(19)20;/h2-8,23H,9-16H2,1H3;1H. The number of halogens is 1. The minimum Gasteiger partial charge on any atom is -0.384 e. The van der Waals surface area contributed by atoms with Crippen molar-refractivity contribution in [1.82, 2.24) is 9.80 Å². The average Bonchev–Trinajstić information content (AvgIpc) is 3.14. The van der Waals surface area contributed by atoms with Crippen molar-refractivity contribution in [2.24, 2.45) is 0 Å². The Hall–Kier alpha value is -2.04. The highest BCUT2D eigenvalue weighted by Crippen LogP contribution is 2.27. The van der Waals surface area contributed by atoms with Crippen LogP contribution < -0.4 is 5.32 Å². The molecule has 4 nitrogen and oxygen atoms in total. The van der Waals surface area contributed by atoms with Gasteiger partial charge in [-0.05, 0) is 30.0 Å². The smallest absolute Gasteiger partial charge is 0.227 e. The number of amides is 1. The van der Waals surface area contributed by atoms with E-state index in [2.05, 4.69) is 59.6 Å². The number of carbonyl (C=O) groups excluding carboxylic acids is 1. The summed E-state index contributed by atoms with van der Waals surface area (Å²) in [5, 5.41) is 3.53. The fourth-order valence-corrected chi connectivity index (χ4v) is 3.93. The molecule has 2 aromatic rings. The minimum atomic E-state index is 0. The van der Waals surface area contributed by atoms with E-state index < -0.39 is 0 Å². The molecule has 1 amide bonds. The fourth-order valence-electron chi connectivity index (χ4n) is 3.93. The van der Waals surface area contributed by atoms with Crippen LogP contribution in [0.1, 0.15) is 22.3 Å². The number of rotatable bonds is 4. The molecule has 2 aliphatic heterocycles. The molecule has 2 heterocycles. The molecule has 1 fully saturated rings. The highest BCUT2D eigenvalue weighted by molar-refractivity contribution is 5.85. The number of piperazine rings is 1. The molecule has 0 atom stereocenters. The van der Waals surface area contributed by atoms with E-state index in [9.17, 15) is 4.79 Å². The molecule has 0 aliphatic carbocycles. The lowest BCUT2D eigenvalue weighted by Crippen LogP contribution is -2.48. The molecular weight excluding hydrogens is 358 g/mol. The van der Waals surface area contributed by atoms with E-state index in [1.54, 1.807) is 0 Å². The molecule has 27 heavy (non-hydrogen) atoms. The lowest BCUT2D eigenvalue weighted by molar-refractivity contribution is -0.132. The summed E-state index contributed by atoms with van der Waals surface area (Å²) in [6.07, 6.45) is 1.64. The van der Waals surface area contributed by atoms with E-state index >= 15 is 0 Å². The molecule has 2 aromatic carbocycles. The van der Waals surface area contributed by atoms with Crippen LogP contribution in [0.3, 0.4) is 0 Å². The zero-order chi connectivity index (χ0) is 17.9. The maximum atomic E-state index is 12.6.